The maximum atomic E-state index is 13.8. The molecule has 0 radical (unpaired) electrons. The molecule has 0 saturated carbocycles. The summed E-state index contributed by atoms with van der Waals surface area (Å²) in [4.78, 5) is 17.1. The maximum Gasteiger partial charge on any atom is 0.253 e. The Kier molecular flexibility index (Phi) is 7.48. The number of ether oxygens (including phenoxy) is 1. The lowest BCUT2D eigenvalue weighted by Gasteiger charge is -2.35. The van der Waals surface area contributed by atoms with Gasteiger partial charge >= 0.3 is 0 Å². The molecule has 0 aliphatic carbocycles. The Morgan fingerprint density at radius 1 is 0.879 bits per heavy atom. The summed E-state index contributed by atoms with van der Waals surface area (Å²) in [7, 11) is 0. The summed E-state index contributed by atoms with van der Waals surface area (Å²) in [5.41, 5.74) is 2.35. The molecule has 1 aliphatic heterocycles. The van der Waals surface area contributed by atoms with Crippen LogP contribution in [-0.4, -0.2) is 41.9 Å². The molecule has 1 aliphatic rings. The third-order valence-corrected chi connectivity index (χ3v) is 6.25. The molecule has 0 bridgehead atoms. The number of rotatable bonds is 6. The van der Waals surface area contributed by atoms with Crippen molar-refractivity contribution in [3.05, 3.63) is 99.0 Å². The van der Waals surface area contributed by atoms with E-state index in [1.807, 2.05) is 17.0 Å². The molecule has 0 atom stereocenters. The largest absolute Gasteiger partial charge is 0.486 e. The topological polar surface area (TPSA) is 32.8 Å². The van der Waals surface area contributed by atoms with Gasteiger partial charge in [0.1, 0.15) is 12.4 Å². The van der Waals surface area contributed by atoms with Crippen LogP contribution in [0.1, 0.15) is 21.5 Å². The fourth-order valence-corrected chi connectivity index (χ4v) is 4.06. The zero-order valence-electron chi connectivity index (χ0n) is 17.7. The van der Waals surface area contributed by atoms with Gasteiger partial charge in [0.05, 0.1) is 10.0 Å². The molecule has 0 N–H and O–H groups in total. The lowest BCUT2D eigenvalue weighted by molar-refractivity contribution is 0.0628. The van der Waals surface area contributed by atoms with Crippen molar-refractivity contribution in [2.24, 2.45) is 0 Å². The van der Waals surface area contributed by atoms with Gasteiger partial charge in [-0.15, -0.1) is 0 Å². The second-order valence-corrected chi connectivity index (χ2v) is 8.70. The van der Waals surface area contributed by atoms with Crippen LogP contribution in [-0.2, 0) is 13.2 Å². The van der Waals surface area contributed by atoms with E-state index in [9.17, 15) is 13.6 Å². The number of halogens is 4. The van der Waals surface area contributed by atoms with E-state index >= 15 is 0 Å². The van der Waals surface area contributed by atoms with Gasteiger partial charge in [-0.1, -0.05) is 41.4 Å². The van der Waals surface area contributed by atoms with Crippen LogP contribution in [0.25, 0.3) is 0 Å². The highest BCUT2D eigenvalue weighted by molar-refractivity contribution is 6.42. The van der Waals surface area contributed by atoms with Gasteiger partial charge in [-0.05, 0) is 47.5 Å². The van der Waals surface area contributed by atoms with E-state index in [1.165, 1.54) is 6.07 Å². The van der Waals surface area contributed by atoms with E-state index in [0.717, 1.165) is 42.9 Å². The number of nitrogens with zero attached hydrogens (tertiary/aromatic N) is 2. The van der Waals surface area contributed by atoms with Crippen LogP contribution >= 0.6 is 23.2 Å². The molecule has 1 saturated heterocycles. The van der Waals surface area contributed by atoms with E-state index in [2.05, 4.69) is 4.90 Å². The Balaban J connectivity index is 1.32. The van der Waals surface area contributed by atoms with Crippen molar-refractivity contribution in [3.63, 3.8) is 0 Å². The van der Waals surface area contributed by atoms with Gasteiger partial charge in [-0.2, -0.15) is 0 Å². The molecule has 172 valence electrons. The minimum absolute atomic E-state index is 0.0359. The minimum atomic E-state index is -0.763. The SMILES string of the molecule is O=C(c1cccc(COc2ccc(F)cc2F)c1)N1CCN(Cc2ccc(Cl)c(Cl)c2)CC1. The summed E-state index contributed by atoms with van der Waals surface area (Å²) >= 11 is 12.1. The molecule has 0 spiro atoms. The second-order valence-electron chi connectivity index (χ2n) is 7.88. The summed E-state index contributed by atoms with van der Waals surface area (Å²) in [5.74, 6) is -1.52. The summed E-state index contributed by atoms with van der Waals surface area (Å²) in [5, 5.41) is 1.07. The molecular weight excluding hydrogens is 469 g/mol. The summed E-state index contributed by atoms with van der Waals surface area (Å²) in [6, 6.07) is 15.8. The van der Waals surface area contributed by atoms with Crippen LogP contribution in [0.15, 0.2) is 60.7 Å². The van der Waals surface area contributed by atoms with Crippen LogP contribution < -0.4 is 4.74 Å². The Bertz CT molecular complexity index is 1150. The standard InChI is InChI=1S/C25H22Cl2F2N2O2/c26-21-6-4-17(13-22(21)27)15-30-8-10-31(11-9-30)25(32)19-3-1-2-18(12-19)16-33-24-7-5-20(28)14-23(24)29/h1-7,12-14H,8-11,15-16H2. The Morgan fingerprint density at radius 2 is 1.67 bits per heavy atom. The average Bonchev–Trinajstić information content (AvgIpc) is 2.81. The van der Waals surface area contributed by atoms with Gasteiger partial charge in [0, 0.05) is 44.4 Å². The smallest absolute Gasteiger partial charge is 0.253 e. The second kappa shape index (κ2) is 10.5. The summed E-state index contributed by atoms with van der Waals surface area (Å²) in [6.07, 6.45) is 0. The van der Waals surface area contributed by atoms with E-state index < -0.39 is 11.6 Å². The number of carbonyl (C=O) groups excluding carboxylic acids is 1. The van der Waals surface area contributed by atoms with Crippen LogP contribution in [0.3, 0.4) is 0 Å². The van der Waals surface area contributed by atoms with Crippen LogP contribution in [0.4, 0.5) is 8.78 Å². The van der Waals surface area contributed by atoms with E-state index in [4.69, 9.17) is 27.9 Å². The third kappa shape index (κ3) is 6.02. The predicted molar refractivity (Wildman–Crippen MR) is 125 cm³/mol. The lowest BCUT2D eigenvalue weighted by Crippen LogP contribution is -2.48. The Morgan fingerprint density at radius 3 is 2.39 bits per heavy atom. The fraction of sp³-hybridized carbons (Fsp3) is 0.240. The number of amides is 1. The highest BCUT2D eigenvalue weighted by atomic mass is 35.5. The van der Waals surface area contributed by atoms with Crippen molar-refractivity contribution in [3.8, 4) is 5.75 Å². The quantitative estimate of drug-likeness (QED) is 0.437. The van der Waals surface area contributed by atoms with Gasteiger partial charge in [0.15, 0.2) is 11.6 Å². The van der Waals surface area contributed by atoms with Crippen molar-refractivity contribution in [2.75, 3.05) is 26.2 Å². The molecular formula is C25H22Cl2F2N2O2. The maximum absolute atomic E-state index is 13.8. The van der Waals surface area contributed by atoms with Gasteiger partial charge < -0.3 is 9.64 Å². The number of piperazine rings is 1. The first-order valence-electron chi connectivity index (χ1n) is 10.5. The van der Waals surface area contributed by atoms with E-state index in [1.54, 1.807) is 30.3 Å². The third-order valence-electron chi connectivity index (χ3n) is 5.51. The molecule has 1 fully saturated rings. The van der Waals surface area contributed by atoms with Crippen molar-refractivity contribution in [1.29, 1.82) is 0 Å². The number of hydrogen-bond donors (Lipinski definition) is 0. The van der Waals surface area contributed by atoms with Crippen molar-refractivity contribution in [2.45, 2.75) is 13.2 Å². The zero-order valence-corrected chi connectivity index (χ0v) is 19.3. The van der Waals surface area contributed by atoms with Gasteiger partial charge in [0.25, 0.3) is 5.91 Å². The van der Waals surface area contributed by atoms with Crippen LogP contribution in [0, 0.1) is 11.6 Å². The van der Waals surface area contributed by atoms with Crippen LogP contribution in [0.5, 0.6) is 5.75 Å². The molecule has 1 heterocycles. The van der Waals surface area contributed by atoms with Gasteiger partial charge in [-0.3, -0.25) is 9.69 Å². The summed E-state index contributed by atoms with van der Waals surface area (Å²) < 4.78 is 32.3. The first-order valence-corrected chi connectivity index (χ1v) is 11.3. The van der Waals surface area contributed by atoms with Crippen LogP contribution in [0.2, 0.25) is 10.0 Å². The molecule has 0 aromatic heterocycles. The summed E-state index contributed by atoms with van der Waals surface area (Å²) in [6.45, 7) is 3.54. The lowest BCUT2D eigenvalue weighted by atomic mass is 10.1. The zero-order chi connectivity index (χ0) is 23.4. The minimum Gasteiger partial charge on any atom is -0.486 e. The van der Waals surface area contributed by atoms with Crippen molar-refractivity contribution in [1.82, 2.24) is 9.80 Å². The van der Waals surface area contributed by atoms with E-state index in [-0.39, 0.29) is 18.3 Å². The first kappa shape index (κ1) is 23.5. The van der Waals surface area contributed by atoms with Gasteiger partial charge in [-0.25, -0.2) is 8.78 Å². The number of carbonyl (C=O) groups is 1. The average molecular weight is 491 g/mol. The highest BCUT2D eigenvalue weighted by Gasteiger charge is 2.22. The number of hydrogen-bond acceptors (Lipinski definition) is 3. The van der Waals surface area contributed by atoms with Crippen molar-refractivity contribution < 1.29 is 18.3 Å². The number of benzene rings is 3. The molecule has 33 heavy (non-hydrogen) atoms. The Hall–Kier alpha value is -2.67. The monoisotopic (exact) mass is 490 g/mol. The molecule has 4 rings (SSSR count). The molecule has 0 unspecified atom stereocenters. The first-order chi connectivity index (χ1) is 15.9. The van der Waals surface area contributed by atoms with E-state index in [0.29, 0.717) is 28.7 Å². The van der Waals surface area contributed by atoms with Crippen molar-refractivity contribution >= 4 is 29.1 Å². The highest BCUT2D eigenvalue weighted by Crippen LogP contribution is 2.24. The molecule has 4 nitrogen and oxygen atoms in total. The molecule has 8 heteroatoms. The fourth-order valence-electron chi connectivity index (χ4n) is 3.74. The van der Waals surface area contributed by atoms with Gasteiger partial charge in [0.2, 0.25) is 0 Å². The molecule has 1 amide bonds. The Labute approximate surface area is 201 Å². The predicted octanol–water partition coefficient (Wildman–Crippen LogP) is 5.81. The molecule has 3 aromatic rings. The normalized spacial score (nSPS) is 14.4. The molecule has 3 aromatic carbocycles.